The summed E-state index contributed by atoms with van der Waals surface area (Å²) in [5.74, 6) is -2.28. The molecule has 3 amide bonds. The van der Waals surface area contributed by atoms with Crippen LogP contribution in [-0.4, -0.2) is 42.1 Å². The summed E-state index contributed by atoms with van der Waals surface area (Å²) in [6, 6.07) is 0.345. The average molecular weight is 374 g/mol. The molecule has 0 bridgehead atoms. The monoisotopic (exact) mass is 374 g/mol. The Bertz CT molecular complexity index is 685. The maximum absolute atomic E-state index is 13.2. The van der Waals surface area contributed by atoms with Crippen LogP contribution in [0.1, 0.15) is 48.0 Å². The maximum atomic E-state index is 13.2. The quantitative estimate of drug-likeness (QED) is 0.848. The molecule has 144 valence electrons. The van der Waals surface area contributed by atoms with E-state index in [1.54, 1.807) is 0 Å². The normalized spacial score (nSPS) is 15.4. The molecule has 0 aromatic heterocycles. The average Bonchev–Trinajstić information content (AvgIpc) is 2.60. The minimum atomic E-state index is -4.86. The first-order valence-corrected chi connectivity index (χ1v) is 8.21. The van der Waals surface area contributed by atoms with Crippen molar-refractivity contribution in [3.63, 3.8) is 0 Å². The molecule has 1 aliphatic rings. The largest absolute Gasteiger partial charge is 0.504 e. The minimum absolute atomic E-state index is 0.0529. The summed E-state index contributed by atoms with van der Waals surface area (Å²) < 4.78 is 44.4. The van der Waals surface area contributed by atoms with E-state index in [0.717, 1.165) is 39.2 Å². The highest BCUT2D eigenvalue weighted by Gasteiger charge is 2.37. The second kappa shape index (κ2) is 7.84. The summed E-state index contributed by atoms with van der Waals surface area (Å²) >= 11 is 0. The molecular weight excluding hydrogens is 353 g/mol. The van der Waals surface area contributed by atoms with E-state index in [1.807, 2.05) is 5.32 Å². The third-order valence-corrected chi connectivity index (χ3v) is 4.53. The van der Waals surface area contributed by atoms with Crippen molar-refractivity contribution in [2.24, 2.45) is 0 Å². The summed E-state index contributed by atoms with van der Waals surface area (Å²) in [7, 11) is 2.60. The Kier molecular flexibility index (Phi) is 5.99. The summed E-state index contributed by atoms with van der Waals surface area (Å²) in [6.45, 7) is 0. The van der Waals surface area contributed by atoms with Crippen LogP contribution in [0, 0.1) is 0 Å². The van der Waals surface area contributed by atoms with Crippen LogP contribution in [0.25, 0.3) is 0 Å². The zero-order chi connectivity index (χ0) is 19.5. The zero-order valence-corrected chi connectivity index (χ0v) is 14.5. The van der Waals surface area contributed by atoms with Gasteiger partial charge < -0.3 is 14.7 Å². The molecule has 1 aromatic carbocycles. The fraction of sp³-hybridized carbons (Fsp3) is 0.529. The van der Waals surface area contributed by atoms with Gasteiger partial charge in [0.2, 0.25) is 0 Å². The van der Waals surface area contributed by atoms with Crippen molar-refractivity contribution in [1.82, 2.24) is 10.2 Å². The Morgan fingerprint density at radius 2 is 1.85 bits per heavy atom. The van der Waals surface area contributed by atoms with Gasteiger partial charge in [-0.3, -0.25) is 10.1 Å². The number of aromatic hydroxyl groups is 1. The number of phenols is 1. The van der Waals surface area contributed by atoms with Crippen molar-refractivity contribution < 1.29 is 32.6 Å². The highest BCUT2D eigenvalue weighted by Crippen LogP contribution is 2.38. The number of phenolic OH excluding ortho intramolecular Hbond substituents is 1. The van der Waals surface area contributed by atoms with E-state index in [1.165, 1.54) is 11.9 Å². The number of carbonyl (C=O) groups excluding carboxylic acids is 2. The lowest BCUT2D eigenvalue weighted by Gasteiger charge is -2.31. The van der Waals surface area contributed by atoms with Crippen LogP contribution < -0.4 is 10.1 Å². The van der Waals surface area contributed by atoms with Gasteiger partial charge >= 0.3 is 12.2 Å². The van der Waals surface area contributed by atoms with Crippen LogP contribution in [0.2, 0.25) is 0 Å². The van der Waals surface area contributed by atoms with Gasteiger partial charge in [-0.05, 0) is 25.0 Å². The standard InChI is InChI=1S/C17H21F3N2O4/c1-22(10-6-4-3-5-7-10)16(25)21-15(24)11-8-13(23)14(26-2)9-12(11)17(18,19)20/h8-10,23H,3-7H2,1-2H3,(H,21,24,25). The SMILES string of the molecule is COc1cc(C(F)(F)F)c(C(=O)NC(=O)N(C)C2CCCCC2)cc1O. The van der Waals surface area contributed by atoms with E-state index < -0.39 is 40.7 Å². The number of halogens is 3. The fourth-order valence-corrected chi connectivity index (χ4v) is 3.04. The molecule has 2 rings (SSSR count). The molecule has 0 heterocycles. The predicted octanol–water partition coefficient (Wildman–Crippen LogP) is 3.53. The zero-order valence-electron chi connectivity index (χ0n) is 14.5. The molecule has 1 aromatic rings. The smallest absolute Gasteiger partial charge is 0.417 e. The molecule has 1 aliphatic carbocycles. The molecule has 0 spiro atoms. The first-order valence-electron chi connectivity index (χ1n) is 8.21. The molecule has 0 unspecified atom stereocenters. The minimum Gasteiger partial charge on any atom is -0.504 e. The molecule has 0 saturated heterocycles. The van der Waals surface area contributed by atoms with E-state index >= 15 is 0 Å². The molecule has 26 heavy (non-hydrogen) atoms. The number of ether oxygens (including phenoxy) is 1. The van der Waals surface area contributed by atoms with Crippen LogP contribution in [0.5, 0.6) is 11.5 Å². The Hall–Kier alpha value is -2.45. The van der Waals surface area contributed by atoms with Crippen molar-refractivity contribution >= 4 is 11.9 Å². The Balaban J connectivity index is 2.23. The summed E-state index contributed by atoms with van der Waals surface area (Å²) in [5, 5.41) is 11.7. The van der Waals surface area contributed by atoms with E-state index in [0.29, 0.717) is 12.1 Å². The molecule has 1 fully saturated rings. The number of nitrogens with one attached hydrogen (secondary N) is 1. The van der Waals surface area contributed by atoms with Gasteiger partial charge in [-0.25, -0.2) is 4.79 Å². The number of urea groups is 1. The molecule has 1 saturated carbocycles. The van der Waals surface area contributed by atoms with Gasteiger partial charge in [0, 0.05) is 13.1 Å². The molecular formula is C17H21F3N2O4. The Labute approximate surface area is 148 Å². The number of imide groups is 1. The van der Waals surface area contributed by atoms with Crippen molar-refractivity contribution in [2.45, 2.75) is 44.3 Å². The van der Waals surface area contributed by atoms with Crippen LogP contribution in [0.15, 0.2) is 12.1 Å². The number of alkyl halides is 3. The van der Waals surface area contributed by atoms with Crippen molar-refractivity contribution in [3.05, 3.63) is 23.3 Å². The van der Waals surface area contributed by atoms with Crippen molar-refractivity contribution in [3.8, 4) is 11.5 Å². The van der Waals surface area contributed by atoms with Gasteiger partial charge in [-0.2, -0.15) is 13.2 Å². The van der Waals surface area contributed by atoms with Gasteiger partial charge in [-0.1, -0.05) is 19.3 Å². The molecule has 0 aliphatic heterocycles. The molecule has 6 nitrogen and oxygen atoms in total. The van der Waals surface area contributed by atoms with Gasteiger partial charge in [0.05, 0.1) is 18.2 Å². The van der Waals surface area contributed by atoms with Crippen LogP contribution in [-0.2, 0) is 6.18 Å². The van der Waals surface area contributed by atoms with Crippen LogP contribution >= 0.6 is 0 Å². The number of benzene rings is 1. The van der Waals surface area contributed by atoms with E-state index in [4.69, 9.17) is 0 Å². The number of hydrogen-bond donors (Lipinski definition) is 2. The molecule has 9 heteroatoms. The van der Waals surface area contributed by atoms with Gasteiger partial charge in [0.15, 0.2) is 11.5 Å². The third kappa shape index (κ3) is 4.39. The predicted molar refractivity (Wildman–Crippen MR) is 87.2 cm³/mol. The second-order valence-electron chi connectivity index (χ2n) is 6.23. The Morgan fingerprint density at radius 3 is 2.38 bits per heavy atom. The second-order valence-corrected chi connectivity index (χ2v) is 6.23. The summed E-state index contributed by atoms with van der Waals surface area (Å²) in [4.78, 5) is 25.8. The van der Waals surface area contributed by atoms with E-state index in [9.17, 15) is 27.9 Å². The van der Waals surface area contributed by atoms with Crippen LogP contribution in [0.3, 0.4) is 0 Å². The van der Waals surface area contributed by atoms with Crippen LogP contribution in [0.4, 0.5) is 18.0 Å². The number of carbonyl (C=O) groups is 2. The first kappa shape index (κ1) is 19.9. The highest BCUT2D eigenvalue weighted by molar-refractivity contribution is 6.05. The number of methoxy groups -OCH3 is 1. The summed E-state index contributed by atoms with van der Waals surface area (Å²) in [6.07, 6.45) is -0.289. The van der Waals surface area contributed by atoms with E-state index in [-0.39, 0.29) is 6.04 Å². The third-order valence-electron chi connectivity index (χ3n) is 4.53. The Morgan fingerprint density at radius 1 is 1.23 bits per heavy atom. The lowest BCUT2D eigenvalue weighted by Crippen LogP contribution is -2.46. The summed E-state index contributed by atoms with van der Waals surface area (Å²) in [5.41, 5.74) is -2.14. The van der Waals surface area contributed by atoms with Gasteiger partial charge in [0.25, 0.3) is 5.91 Å². The molecule has 2 N–H and O–H groups in total. The van der Waals surface area contributed by atoms with Gasteiger partial charge in [0.1, 0.15) is 0 Å². The lowest BCUT2D eigenvalue weighted by atomic mass is 9.95. The molecule has 0 atom stereocenters. The van der Waals surface area contributed by atoms with E-state index in [2.05, 4.69) is 4.74 Å². The van der Waals surface area contributed by atoms with Gasteiger partial charge in [-0.15, -0.1) is 0 Å². The first-order chi connectivity index (χ1) is 12.1. The highest BCUT2D eigenvalue weighted by atomic mass is 19.4. The van der Waals surface area contributed by atoms with Crippen molar-refractivity contribution in [1.29, 1.82) is 0 Å². The lowest BCUT2D eigenvalue weighted by molar-refractivity contribution is -0.138. The number of hydrogen-bond acceptors (Lipinski definition) is 4. The fourth-order valence-electron chi connectivity index (χ4n) is 3.04. The maximum Gasteiger partial charge on any atom is 0.417 e. The molecule has 0 radical (unpaired) electrons. The van der Waals surface area contributed by atoms with Crippen molar-refractivity contribution in [2.75, 3.05) is 14.2 Å². The number of amides is 3. The number of nitrogens with zero attached hydrogens (tertiary/aromatic N) is 1. The number of rotatable bonds is 3. The topological polar surface area (TPSA) is 78.9 Å².